The maximum Gasteiger partial charge on any atom is 0.132 e. The van der Waals surface area contributed by atoms with E-state index in [9.17, 15) is 0 Å². The first-order chi connectivity index (χ1) is 2.89. The molecule has 0 fully saturated rings. The Bertz CT molecular complexity index is 65.2. The summed E-state index contributed by atoms with van der Waals surface area (Å²) in [5.74, 6) is 0. The van der Waals surface area contributed by atoms with E-state index in [1.54, 1.807) is 11.8 Å². The van der Waals surface area contributed by atoms with E-state index in [4.69, 9.17) is 0 Å². The minimum Gasteiger partial charge on any atom is -0.370 e. The number of alkyl halides is 1. The molecule has 0 saturated heterocycles. The number of hydrogen-bond donors (Lipinski definition) is 1. The summed E-state index contributed by atoms with van der Waals surface area (Å²) in [5, 5.41) is 5.03. The largest absolute Gasteiger partial charge is 0.370 e. The van der Waals surface area contributed by atoms with E-state index in [0.29, 0.717) is 4.28 Å². The van der Waals surface area contributed by atoms with Gasteiger partial charge in [-0.15, -0.1) is 0 Å². The van der Waals surface area contributed by atoms with E-state index in [0.717, 1.165) is 0 Å². The molecule has 3 heteroatoms. The Morgan fingerprint density at radius 1 is 1.83 bits per heavy atom. The zero-order valence-corrected chi connectivity index (χ0v) is 5.42. The zero-order chi connectivity index (χ0) is 4.41. The van der Waals surface area contributed by atoms with Crippen molar-refractivity contribution in [2.75, 3.05) is 0 Å². The Balaban J connectivity index is 2.32. The third-order valence-electron chi connectivity index (χ3n) is 0.493. The molecule has 1 nitrogen and oxygen atoms in total. The van der Waals surface area contributed by atoms with Crippen LogP contribution in [0.5, 0.6) is 0 Å². The molecule has 0 aliphatic carbocycles. The van der Waals surface area contributed by atoms with Gasteiger partial charge in [-0.25, -0.2) is 0 Å². The second-order valence-electron chi connectivity index (χ2n) is 0.922. The molecule has 0 aromatic heterocycles. The minimum atomic E-state index is 0.414. The molecular formula is C3H4BrNS. The molecule has 0 bridgehead atoms. The maximum atomic E-state index is 3.33. The zero-order valence-electron chi connectivity index (χ0n) is 3.02. The molecule has 34 valence electrons. The lowest BCUT2D eigenvalue weighted by atomic mass is 11.0. The van der Waals surface area contributed by atoms with E-state index < -0.39 is 0 Å². The van der Waals surface area contributed by atoms with Gasteiger partial charge in [0.15, 0.2) is 0 Å². The van der Waals surface area contributed by atoms with Gasteiger partial charge < -0.3 is 5.32 Å². The number of halogens is 1. The van der Waals surface area contributed by atoms with Gasteiger partial charge in [-0.1, -0.05) is 27.7 Å². The summed E-state index contributed by atoms with van der Waals surface area (Å²) in [4.78, 5) is 0. The fourth-order valence-electron chi connectivity index (χ4n) is 0.262. The Hall–Kier alpha value is 0.370. The van der Waals surface area contributed by atoms with Crippen LogP contribution in [0.15, 0.2) is 11.6 Å². The molecule has 1 aliphatic heterocycles. The van der Waals surface area contributed by atoms with Crippen LogP contribution in [0.1, 0.15) is 0 Å². The molecule has 0 aromatic carbocycles. The molecule has 0 spiro atoms. The normalized spacial score (nSPS) is 30.5. The first kappa shape index (κ1) is 4.53. The summed E-state index contributed by atoms with van der Waals surface area (Å²) in [5.41, 5.74) is 0. The van der Waals surface area contributed by atoms with Crippen LogP contribution in [-0.2, 0) is 0 Å². The molecule has 1 rings (SSSR count). The van der Waals surface area contributed by atoms with Crippen LogP contribution < -0.4 is 5.32 Å². The van der Waals surface area contributed by atoms with Crippen molar-refractivity contribution < 1.29 is 0 Å². The van der Waals surface area contributed by atoms with E-state index in [2.05, 4.69) is 21.2 Å². The van der Waals surface area contributed by atoms with Crippen molar-refractivity contribution in [3.63, 3.8) is 0 Å². The minimum absolute atomic E-state index is 0.414. The maximum absolute atomic E-state index is 3.33. The van der Waals surface area contributed by atoms with Crippen molar-refractivity contribution in [3.05, 3.63) is 11.6 Å². The lowest BCUT2D eigenvalue weighted by molar-refractivity contribution is 1.04. The smallest absolute Gasteiger partial charge is 0.132 e. The van der Waals surface area contributed by atoms with E-state index in [1.165, 1.54) is 0 Å². The van der Waals surface area contributed by atoms with Gasteiger partial charge in [0, 0.05) is 6.20 Å². The summed E-state index contributed by atoms with van der Waals surface area (Å²) < 4.78 is 0.414. The monoisotopic (exact) mass is 165 g/mol. The second kappa shape index (κ2) is 1.89. The Kier molecular flexibility index (Phi) is 1.42. The molecule has 0 radical (unpaired) electrons. The van der Waals surface area contributed by atoms with Crippen LogP contribution in [0, 0.1) is 0 Å². The van der Waals surface area contributed by atoms with Crippen LogP contribution in [0.2, 0.25) is 0 Å². The predicted molar refractivity (Wildman–Crippen MR) is 32.6 cm³/mol. The van der Waals surface area contributed by atoms with Crippen molar-refractivity contribution in [1.29, 1.82) is 0 Å². The van der Waals surface area contributed by atoms with Crippen molar-refractivity contribution in [2.24, 2.45) is 0 Å². The fraction of sp³-hybridized carbons (Fsp3) is 0.333. The van der Waals surface area contributed by atoms with Crippen LogP contribution in [-0.4, -0.2) is 4.28 Å². The summed E-state index contributed by atoms with van der Waals surface area (Å²) in [7, 11) is 0. The summed E-state index contributed by atoms with van der Waals surface area (Å²) in [6.45, 7) is 0. The van der Waals surface area contributed by atoms with Gasteiger partial charge in [-0.2, -0.15) is 0 Å². The first-order valence-electron chi connectivity index (χ1n) is 1.60. The molecule has 6 heavy (non-hydrogen) atoms. The first-order valence-corrected chi connectivity index (χ1v) is 3.46. The van der Waals surface area contributed by atoms with Gasteiger partial charge in [0.1, 0.15) is 4.28 Å². The highest BCUT2D eigenvalue weighted by molar-refractivity contribution is 9.11. The average Bonchev–Trinajstić information content (AvgIpc) is 1.86. The quantitative estimate of drug-likeness (QED) is 0.432. The number of rotatable bonds is 0. The third kappa shape index (κ3) is 0.914. The van der Waals surface area contributed by atoms with E-state index >= 15 is 0 Å². The molecule has 0 amide bonds. The molecule has 1 aliphatic rings. The molecule has 1 heterocycles. The van der Waals surface area contributed by atoms with Gasteiger partial charge in [-0.3, -0.25) is 0 Å². The predicted octanol–water partition coefficient (Wildman–Crippen LogP) is 1.47. The Morgan fingerprint density at radius 2 is 2.67 bits per heavy atom. The topological polar surface area (TPSA) is 12.0 Å². The number of thioether (sulfide) groups is 1. The summed E-state index contributed by atoms with van der Waals surface area (Å²) in [6.07, 6.45) is 1.92. The van der Waals surface area contributed by atoms with Crippen LogP contribution in [0.25, 0.3) is 0 Å². The van der Waals surface area contributed by atoms with Crippen molar-refractivity contribution in [3.8, 4) is 0 Å². The molecule has 1 N–H and O–H groups in total. The van der Waals surface area contributed by atoms with E-state index in [1.807, 2.05) is 11.6 Å². The highest BCUT2D eigenvalue weighted by atomic mass is 79.9. The van der Waals surface area contributed by atoms with Crippen molar-refractivity contribution in [2.45, 2.75) is 4.28 Å². The molecule has 0 saturated carbocycles. The standard InChI is InChI=1S/C3H4BrNS/c4-3-5-1-2-6-3/h1-3,5H. The fourth-order valence-corrected chi connectivity index (χ4v) is 1.24. The van der Waals surface area contributed by atoms with Gasteiger partial charge in [0.2, 0.25) is 0 Å². The number of nitrogens with one attached hydrogen (secondary N) is 1. The van der Waals surface area contributed by atoms with Crippen LogP contribution in [0.3, 0.4) is 0 Å². The van der Waals surface area contributed by atoms with Gasteiger partial charge in [0.05, 0.1) is 0 Å². The highest BCUT2D eigenvalue weighted by Gasteiger charge is 2.00. The number of hydrogen-bond acceptors (Lipinski definition) is 2. The van der Waals surface area contributed by atoms with Crippen LogP contribution in [0.4, 0.5) is 0 Å². The summed E-state index contributed by atoms with van der Waals surface area (Å²) in [6, 6.07) is 0. The van der Waals surface area contributed by atoms with Gasteiger partial charge in [0.25, 0.3) is 0 Å². The lowest BCUT2D eigenvalue weighted by Gasteiger charge is -1.93. The van der Waals surface area contributed by atoms with Gasteiger partial charge in [-0.05, 0) is 5.41 Å². The third-order valence-corrected chi connectivity index (χ3v) is 2.07. The Morgan fingerprint density at radius 3 is 2.83 bits per heavy atom. The molecule has 1 unspecified atom stereocenters. The Labute approximate surface area is 49.3 Å². The SMILES string of the molecule is BrC1NC=CS1. The van der Waals surface area contributed by atoms with Crippen molar-refractivity contribution >= 4 is 27.7 Å². The van der Waals surface area contributed by atoms with Crippen molar-refractivity contribution in [1.82, 2.24) is 5.32 Å². The van der Waals surface area contributed by atoms with Gasteiger partial charge >= 0.3 is 0 Å². The second-order valence-corrected chi connectivity index (χ2v) is 3.46. The summed E-state index contributed by atoms with van der Waals surface area (Å²) >= 11 is 5.05. The highest BCUT2D eigenvalue weighted by Crippen LogP contribution is 2.19. The molecule has 0 aromatic rings. The molecular weight excluding hydrogens is 162 g/mol. The van der Waals surface area contributed by atoms with E-state index in [-0.39, 0.29) is 0 Å². The molecule has 1 atom stereocenters. The average molecular weight is 166 g/mol. The lowest BCUT2D eigenvalue weighted by Crippen LogP contribution is -2.05. The van der Waals surface area contributed by atoms with Crippen LogP contribution >= 0.6 is 27.7 Å².